The molecule has 9 heteroatoms. The molecule has 0 bridgehead atoms. The van der Waals surface area contributed by atoms with Crippen molar-refractivity contribution in [3.05, 3.63) is 54.9 Å². The number of ether oxygens (including phenoxy) is 3. The zero-order valence-electron chi connectivity index (χ0n) is 24.9. The molecule has 42 heavy (non-hydrogen) atoms. The lowest BCUT2D eigenvalue weighted by Crippen LogP contribution is -2.66. The van der Waals surface area contributed by atoms with Crippen LogP contribution in [0, 0.1) is 5.41 Å². The molecule has 2 aromatic carbocycles. The van der Waals surface area contributed by atoms with Crippen molar-refractivity contribution in [2.75, 3.05) is 44.4 Å². The summed E-state index contributed by atoms with van der Waals surface area (Å²) in [5, 5.41) is 1.10. The van der Waals surface area contributed by atoms with E-state index in [9.17, 15) is 4.79 Å². The van der Waals surface area contributed by atoms with Crippen molar-refractivity contribution in [3.8, 4) is 11.6 Å². The lowest BCUT2D eigenvalue weighted by molar-refractivity contribution is -0.120. The summed E-state index contributed by atoms with van der Waals surface area (Å²) in [6.45, 7) is 12.6. The third kappa shape index (κ3) is 4.83. The van der Waals surface area contributed by atoms with E-state index in [1.807, 2.05) is 60.8 Å². The standard InChI is InChI=1S/C33H39N5O4/c1-31(2,3)42-30(39)38-17-14-33(38)12-15-36(16-13-33)27-7-5-6-23-8-11-28(35-29(23)27)37-22-34-25-18-24(9-10-26(25)37)41-21-32(4)19-40-20-32/h5-11,18,22H,12-17,19-21H2,1-4H3. The Kier molecular flexibility index (Phi) is 6.34. The Morgan fingerprint density at radius 1 is 1.02 bits per heavy atom. The van der Waals surface area contributed by atoms with Crippen molar-refractivity contribution < 1.29 is 19.0 Å². The molecule has 0 atom stereocenters. The normalized spacial score (nSPS) is 19.5. The van der Waals surface area contributed by atoms with E-state index in [1.54, 1.807) is 0 Å². The van der Waals surface area contributed by atoms with Crippen LogP contribution >= 0.6 is 0 Å². The van der Waals surface area contributed by atoms with Crippen molar-refractivity contribution in [1.82, 2.24) is 19.4 Å². The molecule has 1 amide bonds. The summed E-state index contributed by atoms with van der Waals surface area (Å²) in [4.78, 5) is 27.0. The van der Waals surface area contributed by atoms with Crippen LogP contribution in [0.2, 0.25) is 0 Å². The van der Waals surface area contributed by atoms with Crippen LogP contribution in [0.15, 0.2) is 54.9 Å². The van der Waals surface area contributed by atoms with Gasteiger partial charge >= 0.3 is 6.09 Å². The van der Waals surface area contributed by atoms with E-state index in [2.05, 4.69) is 41.1 Å². The van der Waals surface area contributed by atoms with Crippen molar-refractivity contribution in [2.45, 2.75) is 58.1 Å². The van der Waals surface area contributed by atoms with Crippen LogP contribution in [0.1, 0.15) is 47.0 Å². The molecule has 4 aromatic rings. The maximum atomic E-state index is 12.9. The number of rotatable bonds is 5. The fraction of sp³-hybridized carbons (Fsp3) is 0.485. The Morgan fingerprint density at radius 3 is 2.50 bits per heavy atom. The number of benzene rings is 2. The third-order valence-corrected chi connectivity index (χ3v) is 8.96. The van der Waals surface area contributed by atoms with Crippen molar-refractivity contribution >= 4 is 33.7 Å². The van der Waals surface area contributed by atoms with E-state index in [0.29, 0.717) is 6.61 Å². The largest absolute Gasteiger partial charge is 0.493 e. The maximum absolute atomic E-state index is 12.9. The average Bonchev–Trinajstić information content (AvgIpc) is 3.36. The molecule has 0 unspecified atom stereocenters. The number of hydrogen-bond donors (Lipinski definition) is 0. The average molecular weight is 570 g/mol. The van der Waals surface area contributed by atoms with Gasteiger partial charge in [0.25, 0.3) is 0 Å². The van der Waals surface area contributed by atoms with Crippen LogP contribution in [0.3, 0.4) is 0 Å². The molecule has 0 N–H and O–H groups in total. The quantitative estimate of drug-likeness (QED) is 0.293. The Labute approximate surface area is 246 Å². The number of hydrogen-bond acceptors (Lipinski definition) is 7. The Morgan fingerprint density at radius 2 is 1.81 bits per heavy atom. The van der Waals surface area contributed by atoms with Crippen molar-refractivity contribution in [1.29, 1.82) is 0 Å². The lowest BCUT2D eigenvalue weighted by Gasteiger charge is -2.56. The highest BCUT2D eigenvalue weighted by atomic mass is 16.6. The molecular formula is C33H39N5O4. The maximum Gasteiger partial charge on any atom is 0.410 e. The van der Waals surface area contributed by atoms with Crippen molar-refractivity contribution in [2.24, 2.45) is 5.41 Å². The fourth-order valence-corrected chi connectivity index (χ4v) is 6.39. The summed E-state index contributed by atoms with van der Waals surface area (Å²) < 4.78 is 19.1. The summed E-state index contributed by atoms with van der Waals surface area (Å²) in [5.74, 6) is 1.64. The summed E-state index contributed by atoms with van der Waals surface area (Å²) in [6.07, 6.45) is 4.52. The van der Waals surface area contributed by atoms with Gasteiger partial charge in [-0.1, -0.05) is 19.1 Å². The zero-order chi connectivity index (χ0) is 29.1. The second-order valence-corrected chi connectivity index (χ2v) is 13.5. The number of amides is 1. The number of para-hydroxylation sites is 1. The molecule has 5 heterocycles. The van der Waals surface area contributed by atoms with Gasteiger partial charge in [0.2, 0.25) is 0 Å². The van der Waals surface area contributed by atoms with E-state index in [1.165, 1.54) is 0 Å². The highest BCUT2D eigenvalue weighted by Crippen LogP contribution is 2.42. The topological polar surface area (TPSA) is 82.0 Å². The summed E-state index contributed by atoms with van der Waals surface area (Å²) >= 11 is 0. The van der Waals surface area contributed by atoms with Crippen LogP contribution in [0.5, 0.6) is 5.75 Å². The first-order chi connectivity index (χ1) is 20.1. The molecule has 7 rings (SSSR count). The molecule has 0 aliphatic carbocycles. The SMILES string of the molecule is CC1(COc2ccc3c(c2)ncn3-c2ccc3cccc(N4CCC5(CC4)CCN5C(=O)OC(C)(C)C)c3n2)COC1. The molecule has 0 saturated carbocycles. The number of anilines is 1. The number of fused-ring (bicyclic) bond motifs is 2. The minimum Gasteiger partial charge on any atom is -0.493 e. The first-order valence-corrected chi connectivity index (χ1v) is 15.0. The first kappa shape index (κ1) is 27.0. The number of nitrogens with zero attached hydrogens (tertiary/aromatic N) is 5. The Balaban J connectivity index is 1.11. The highest BCUT2D eigenvalue weighted by molar-refractivity contribution is 5.92. The monoisotopic (exact) mass is 569 g/mol. The van der Waals surface area contributed by atoms with Gasteiger partial charge in [-0.05, 0) is 70.4 Å². The van der Waals surface area contributed by atoms with Gasteiger partial charge in [0.15, 0.2) is 0 Å². The smallest absolute Gasteiger partial charge is 0.410 e. The highest BCUT2D eigenvalue weighted by Gasteiger charge is 2.50. The molecular weight excluding hydrogens is 530 g/mol. The second-order valence-electron chi connectivity index (χ2n) is 13.5. The van der Waals surface area contributed by atoms with E-state index in [-0.39, 0.29) is 17.0 Å². The number of carbonyl (C=O) groups is 1. The Hall–Kier alpha value is -3.85. The molecule has 3 fully saturated rings. The van der Waals surface area contributed by atoms with Crippen LogP contribution in [0.4, 0.5) is 10.5 Å². The third-order valence-electron chi connectivity index (χ3n) is 8.96. The number of carbonyl (C=O) groups excluding carboxylic acids is 1. The minimum absolute atomic E-state index is 0.0886. The molecule has 220 valence electrons. The second kappa shape index (κ2) is 9.87. The van der Waals surface area contributed by atoms with Gasteiger partial charge in [0.1, 0.15) is 23.5 Å². The minimum atomic E-state index is -0.485. The van der Waals surface area contributed by atoms with Gasteiger partial charge in [0.05, 0.1) is 47.6 Å². The van der Waals surface area contributed by atoms with Crippen LogP contribution < -0.4 is 9.64 Å². The van der Waals surface area contributed by atoms with Crippen LogP contribution in [-0.4, -0.2) is 76.1 Å². The molecule has 3 aliphatic heterocycles. The van der Waals surface area contributed by atoms with Gasteiger partial charge in [-0.3, -0.25) is 4.57 Å². The predicted octanol–water partition coefficient (Wildman–Crippen LogP) is 5.97. The predicted molar refractivity (Wildman–Crippen MR) is 163 cm³/mol. The molecule has 0 radical (unpaired) electrons. The van der Waals surface area contributed by atoms with Crippen LogP contribution in [0.25, 0.3) is 27.8 Å². The lowest BCUT2D eigenvalue weighted by atomic mass is 9.76. The molecule has 3 aliphatic rings. The number of piperidine rings is 1. The molecule has 9 nitrogen and oxygen atoms in total. The summed E-state index contributed by atoms with van der Waals surface area (Å²) in [7, 11) is 0. The number of imidazole rings is 1. The number of pyridine rings is 1. The molecule has 1 spiro atoms. The summed E-state index contributed by atoms with van der Waals surface area (Å²) in [5.41, 5.74) is 3.46. The zero-order valence-corrected chi connectivity index (χ0v) is 24.9. The van der Waals surface area contributed by atoms with Gasteiger partial charge in [-0.15, -0.1) is 0 Å². The van der Waals surface area contributed by atoms with E-state index in [4.69, 9.17) is 19.2 Å². The molecule has 3 saturated heterocycles. The van der Waals surface area contributed by atoms with Gasteiger partial charge in [-0.2, -0.15) is 0 Å². The van der Waals surface area contributed by atoms with Gasteiger partial charge in [-0.25, -0.2) is 14.8 Å². The van der Waals surface area contributed by atoms with E-state index < -0.39 is 5.60 Å². The number of aromatic nitrogens is 3. The van der Waals surface area contributed by atoms with Crippen LogP contribution in [-0.2, 0) is 9.47 Å². The van der Waals surface area contributed by atoms with E-state index in [0.717, 1.165) is 91.3 Å². The fourth-order valence-electron chi connectivity index (χ4n) is 6.39. The van der Waals surface area contributed by atoms with E-state index >= 15 is 0 Å². The first-order valence-electron chi connectivity index (χ1n) is 15.0. The summed E-state index contributed by atoms with van der Waals surface area (Å²) in [6, 6.07) is 16.6. The Bertz CT molecular complexity index is 1650. The van der Waals surface area contributed by atoms with Crippen molar-refractivity contribution in [3.63, 3.8) is 0 Å². The van der Waals surface area contributed by atoms with Gasteiger partial charge in [0, 0.05) is 36.5 Å². The van der Waals surface area contributed by atoms with Gasteiger partial charge < -0.3 is 24.0 Å². The molecule has 2 aromatic heterocycles. The number of likely N-dealkylation sites (tertiary alicyclic amines) is 1.